The molecule has 5 rings (SSSR count). The SMILES string of the molecule is C=C1[C@H](O[Si](C)(C)C(C)(C)C)[C@@H]2OC(C)(C)O[C@@H]2[C@@]1(C=O)COC(c1ccccc1)(c1ccccc1)c1ccc(OC)cc1. The molecule has 0 spiro atoms. The van der Waals surface area contributed by atoms with Gasteiger partial charge < -0.3 is 28.2 Å². The Morgan fingerprint density at radius 2 is 1.39 bits per heavy atom. The molecule has 0 unspecified atom stereocenters. The fraction of sp³-hybridized carbons (Fsp3) is 0.432. The molecule has 0 aromatic heterocycles. The highest BCUT2D eigenvalue weighted by atomic mass is 28.4. The molecule has 3 aromatic carbocycles. The fourth-order valence-corrected chi connectivity index (χ4v) is 7.45. The van der Waals surface area contributed by atoms with Gasteiger partial charge in [-0.1, -0.05) is 100 Å². The molecule has 2 aliphatic rings. The molecule has 3 aromatic rings. The summed E-state index contributed by atoms with van der Waals surface area (Å²) in [5.41, 5.74) is 1.11. The fourth-order valence-electron chi connectivity index (χ4n) is 6.19. The van der Waals surface area contributed by atoms with Crippen molar-refractivity contribution in [2.75, 3.05) is 13.7 Å². The van der Waals surface area contributed by atoms with Crippen LogP contribution in [0.25, 0.3) is 0 Å². The molecule has 0 N–H and O–H groups in total. The summed E-state index contributed by atoms with van der Waals surface area (Å²) in [6.45, 7) is 19.3. The lowest BCUT2D eigenvalue weighted by Gasteiger charge is -2.41. The lowest BCUT2D eigenvalue weighted by molar-refractivity contribution is -0.173. The molecule has 0 amide bonds. The summed E-state index contributed by atoms with van der Waals surface area (Å²) in [5.74, 6) is -0.157. The Labute approximate surface area is 263 Å². The Kier molecular flexibility index (Phi) is 8.59. The second kappa shape index (κ2) is 11.7. The van der Waals surface area contributed by atoms with Crippen LogP contribution in [0.5, 0.6) is 5.75 Å². The molecule has 1 aliphatic heterocycles. The van der Waals surface area contributed by atoms with Crippen LogP contribution in [-0.2, 0) is 29.0 Å². The summed E-state index contributed by atoms with van der Waals surface area (Å²) >= 11 is 0. The summed E-state index contributed by atoms with van der Waals surface area (Å²) in [6.07, 6.45) is -0.691. The third kappa shape index (κ3) is 5.50. The lowest BCUT2D eigenvalue weighted by atomic mass is 9.78. The molecule has 1 saturated heterocycles. The van der Waals surface area contributed by atoms with Gasteiger partial charge in [-0.05, 0) is 66.4 Å². The first-order valence-corrected chi connectivity index (χ1v) is 18.2. The van der Waals surface area contributed by atoms with Gasteiger partial charge in [-0.15, -0.1) is 0 Å². The van der Waals surface area contributed by atoms with Crippen LogP contribution in [0.15, 0.2) is 97.1 Å². The smallest absolute Gasteiger partial charge is 0.193 e. The van der Waals surface area contributed by atoms with Crippen LogP contribution in [0.4, 0.5) is 0 Å². The Hall–Kier alpha value is -3.07. The van der Waals surface area contributed by atoms with E-state index in [1.165, 1.54) is 0 Å². The van der Waals surface area contributed by atoms with E-state index >= 15 is 0 Å². The van der Waals surface area contributed by atoms with Crippen LogP contribution in [0.2, 0.25) is 18.1 Å². The molecule has 1 heterocycles. The second-order valence-corrected chi connectivity index (χ2v) is 18.7. The van der Waals surface area contributed by atoms with E-state index in [-0.39, 0.29) is 11.6 Å². The number of carbonyl (C=O) groups is 1. The van der Waals surface area contributed by atoms with Gasteiger partial charge in [0.1, 0.15) is 35.3 Å². The molecule has 7 heteroatoms. The van der Waals surface area contributed by atoms with Crippen LogP contribution in [0.1, 0.15) is 51.3 Å². The zero-order chi connectivity index (χ0) is 32.0. The number of ether oxygens (including phenoxy) is 4. The maximum atomic E-state index is 13.5. The summed E-state index contributed by atoms with van der Waals surface area (Å²) < 4.78 is 32.6. The first-order chi connectivity index (χ1) is 20.7. The minimum absolute atomic E-state index is 0.00310. The third-order valence-corrected chi connectivity index (χ3v) is 14.2. The van der Waals surface area contributed by atoms with Gasteiger partial charge in [-0.3, -0.25) is 0 Å². The number of hydrogen-bond donors (Lipinski definition) is 0. The molecular formula is C37H46O6Si. The molecular weight excluding hydrogens is 568 g/mol. The van der Waals surface area contributed by atoms with E-state index in [1.54, 1.807) is 7.11 Å². The van der Waals surface area contributed by atoms with Crippen molar-refractivity contribution in [1.82, 2.24) is 0 Å². The number of benzene rings is 3. The Morgan fingerprint density at radius 3 is 1.86 bits per heavy atom. The van der Waals surface area contributed by atoms with E-state index < -0.39 is 43.4 Å². The van der Waals surface area contributed by atoms with Crippen molar-refractivity contribution >= 4 is 14.6 Å². The zero-order valence-corrected chi connectivity index (χ0v) is 28.3. The van der Waals surface area contributed by atoms with Crippen LogP contribution >= 0.6 is 0 Å². The van der Waals surface area contributed by atoms with Crippen molar-refractivity contribution in [2.45, 2.75) is 82.5 Å². The highest BCUT2D eigenvalue weighted by Crippen LogP contribution is 2.55. The molecule has 234 valence electrons. The van der Waals surface area contributed by atoms with Gasteiger partial charge in [0.2, 0.25) is 0 Å². The highest BCUT2D eigenvalue weighted by Gasteiger charge is 2.66. The molecule has 1 saturated carbocycles. The summed E-state index contributed by atoms with van der Waals surface area (Å²) in [6, 6.07) is 28.1. The molecule has 4 atom stereocenters. The van der Waals surface area contributed by atoms with E-state index in [9.17, 15) is 4.79 Å². The summed E-state index contributed by atoms with van der Waals surface area (Å²) in [4.78, 5) is 13.5. The van der Waals surface area contributed by atoms with E-state index in [1.807, 2.05) is 74.5 Å². The standard InChI is InChI=1S/C37H46O6Si/c1-26-31(43-44(8,9)34(2,3)4)32-33(42-35(5,6)41-32)36(26,24-38)25-40-37(27-16-12-10-13-17-27,28-18-14-11-15-19-28)29-20-22-30(39-7)23-21-29/h10-24,31-33H,1,25H2,2-9H3/t31-,32-,33-,36-/m0/s1. The molecule has 0 radical (unpaired) electrons. The van der Waals surface area contributed by atoms with Crippen LogP contribution in [-0.4, -0.2) is 52.4 Å². The van der Waals surface area contributed by atoms with Crippen LogP contribution in [0.3, 0.4) is 0 Å². The highest BCUT2D eigenvalue weighted by molar-refractivity contribution is 6.74. The van der Waals surface area contributed by atoms with Crippen LogP contribution in [0, 0.1) is 5.41 Å². The number of methoxy groups -OCH3 is 1. The van der Waals surface area contributed by atoms with E-state index in [4.69, 9.17) is 23.4 Å². The maximum absolute atomic E-state index is 13.5. The second-order valence-electron chi connectivity index (χ2n) is 13.9. The lowest BCUT2D eigenvalue weighted by Crippen LogP contribution is -2.47. The van der Waals surface area contributed by atoms with Crippen molar-refractivity contribution in [2.24, 2.45) is 5.41 Å². The number of hydrogen-bond acceptors (Lipinski definition) is 6. The Bertz CT molecular complexity index is 1420. The van der Waals surface area contributed by atoms with Crippen molar-refractivity contribution in [1.29, 1.82) is 0 Å². The summed E-state index contributed by atoms with van der Waals surface area (Å²) in [5, 5.41) is -0.0508. The predicted octanol–water partition coefficient (Wildman–Crippen LogP) is 7.67. The zero-order valence-electron chi connectivity index (χ0n) is 27.3. The maximum Gasteiger partial charge on any atom is 0.193 e. The first kappa shape index (κ1) is 32.3. The van der Waals surface area contributed by atoms with E-state index in [2.05, 4.69) is 64.7 Å². The van der Waals surface area contributed by atoms with Crippen molar-refractivity contribution in [3.63, 3.8) is 0 Å². The van der Waals surface area contributed by atoms with Gasteiger partial charge in [0.15, 0.2) is 14.1 Å². The first-order valence-electron chi connectivity index (χ1n) is 15.3. The number of rotatable bonds is 10. The quantitative estimate of drug-likeness (QED) is 0.101. The van der Waals surface area contributed by atoms with Gasteiger partial charge in [-0.25, -0.2) is 0 Å². The normalized spacial score (nSPS) is 25.1. The largest absolute Gasteiger partial charge is 0.497 e. The van der Waals surface area contributed by atoms with Gasteiger partial charge >= 0.3 is 0 Å². The Morgan fingerprint density at radius 1 is 0.864 bits per heavy atom. The van der Waals surface area contributed by atoms with Gasteiger partial charge in [0.25, 0.3) is 0 Å². The van der Waals surface area contributed by atoms with E-state index in [0.29, 0.717) is 5.57 Å². The minimum Gasteiger partial charge on any atom is -0.497 e. The number of fused-ring (bicyclic) bond motifs is 1. The van der Waals surface area contributed by atoms with Crippen molar-refractivity contribution < 1.29 is 28.2 Å². The average Bonchev–Trinajstić information content (AvgIpc) is 3.42. The molecule has 1 aliphatic carbocycles. The van der Waals surface area contributed by atoms with Crippen molar-refractivity contribution in [3.8, 4) is 5.75 Å². The number of aldehydes is 1. The molecule has 2 fully saturated rings. The third-order valence-electron chi connectivity index (χ3n) is 9.70. The van der Waals surface area contributed by atoms with Crippen molar-refractivity contribution in [3.05, 3.63) is 114 Å². The van der Waals surface area contributed by atoms with Gasteiger partial charge in [0, 0.05) is 0 Å². The Balaban J connectivity index is 1.64. The number of carbonyl (C=O) groups excluding carboxylic acids is 1. The molecule has 6 nitrogen and oxygen atoms in total. The summed E-state index contributed by atoms with van der Waals surface area (Å²) in [7, 11) is -0.635. The molecule has 0 bridgehead atoms. The molecule has 44 heavy (non-hydrogen) atoms. The average molecular weight is 615 g/mol. The monoisotopic (exact) mass is 614 g/mol. The van der Waals surface area contributed by atoms with Gasteiger partial charge in [-0.2, -0.15) is 0 Å². The predicted molar refractivity (Wildman–Crippen MR) is 175 cm³/mol. The minimum atomic E-state index is -2.28. The topological polar surface area (TPSA) is 63.2 Å². The van der Waals surface area contributed by atoms with Crippen LogP contribution < -0.4 is 4.74 Å². The van der Waals surface area contributed by atoms with E-state index in [0.717, 1.165) is 28.7 Å². The van der Waals surface area contributed by atoms with Gasteiger partial charge in [0.05, 0.1) is 19.8 Å².